The van der Waals surface area contributed by atoms with Crippen LogP contribution in [0, 0.1) is 11.8 Å². The summed E-state index contributed by atoms with van der Waals surface area (Å²) in [6.45, 7) is 9.78. The van der Waals surface area contributed by atoms with Crippen molar-refractivity contribution in [3.8, 4) is 0 Å². The summed E-state index contributed by atoms with van der Waals surface area (Å²) in [5.41, 5.74) is 0. The molecule has 0 aliphatic rings. The Hall–Kier alpha value is -1.94. The van der Waals surface area contributed by atoms with Crippen LogP contribution in [0.3, 0.4) is 0 Å². The molecule has 0 spiro atoms. The maximum atomic E-state index is 13.2. The van der Waals surface area contributed by atoms with Gasteiger partial charge < -0.3 is 33.8 Å². The summed E-state index contributed by atoms with van der Waals surface area (Å²) in [6, 6.07) is 0. The van der Waals surface area contributed by atoms with E-state index in [0.29, 0.717) is 25.7 Å². The lowest BCUT2D eigenvalue weighted by Crippen LogP contribution is -2.30. The molecule has 0 rings (SSSR count). The van der Waals surface area contributed by atoms with Crippen LogP contribution in [0.15, 0.2) is 0 Å². The lowest BCUT2D eigenvalue weighted by molar-refractivity contribution is -0.161. The van der Waals surface area contributed by atoms with E-state index < -0.39 is 97.5 Å². The van der Waals surface area contributed by atoms with Gasteiger partial charge in [-0.3, -0.25) is 37.3 Å². The number of esters is 4. The number of phosphoric acid groups is 2. The molecule has 0 aromatic heterocycles. The number of carbonyl (C=O) groups excluding carboxylic acids is 4. The Kier molecular flexibility index (Phi) is 81.7. The Balaban J connectivity index is 5.22. The van der Waals surface area contributed by atoms with Gasteiger partial charge in [0, 0.05) is 25.7 Å². The smallest absolute Gasteiger partial charge is 0.462 e. The van der Waals surface area contributed by atoms with Gasteiger partial charge in [-0.05, 0) is 37.5 Å². The van der Waals surface area contributed by atoms with Crippen molar-refractivity contribution >= 4 is 39.5 Å². The zero-order valence-electron chi connectivity index (χ0n) is 73.3. The van der Waals surface area contributed by atoms with E-state index >= 15 is 0 Å². The highest BCUT2D eigenvalue weighted by atomic mass is 31.2. The van der Waals surface area contributed by atoms with Crippen LogP contribution in [-0.4, -0.2) is 96.7 Å². The van der Waals surface area contributed by atoms with Crippen molar-refractivity contribution in [3.63, 3.8) is 0 Å². The van der Waals surface area contributed by atoms with Gasteiger partial charge in [-0.15, -0.1) is 0 Å². The summed E-state index contributed by atoms with van der Waals surface area (Å²) in [5, 5.41) is 10.7. The summed E-state index contributed by atoms with van der Waals surface area (Å²) in [5.74, 6) is -0.438. The fraction of sp³-hybridized carbons (Fsp3) is 0.957. The summed E-state index contributed by atoms with van der Waals surface area (Å²) in [6.07, 6.45) is 77.9. The van der Waals surface area contributed by atoms with Gasteiger partial charge in [-0.2, -0.15) is 0 Å². The van der Waals surface area contributed by atoms with Crippen molar-refractivity contribution in [2.24, 2.45) is 11.8 Å². The van der Waals surface area contributed by atoms with Gasteiger partial charge in [-0.1, -0.05) is 446 Å². The summed E-state index contributed by atoms with van der Waals surface area (Å²) in [4.78, 5) is 73.4. The number of aliphatic hydroxyl groups is 1. The molecule has 0 aromatic rings. The zero-order valence-corrected chi connectivity index (χ0v) is 75.1. The molecule has 0 amide bonds. The molecule has 0 saturated carbocycles. The van der Waals surface area contributed by atoms with Gasteiger partial charge in [0.05, 0.1) is 26.4 Å². The van der Waals surface area contributed by atoms with E-state index in [1.165, 1.54) is 315 Å². The average molecular weight is 1620 g/mol. The average Bonchev–Trinajstić information content (AvgIpc) is 0.897. The standard InChI is InChI=1S/C92H180O17P2/c1-7-10-12-14-16-18-20-21-22-23-24-25-26-27-31-34-39-45-51-57-63-69-75-90(95)103-81-88(109-91(96)76-70-64-58-52-46-40-35-32-29-28-30-33-38-44-49-55-61-67-73-85(6)9-3)83-107-111(100,101)105-79-86(93)78-104-110(98,99)106-82-87(80-102-89(94)74-68-62-56-50-42-19-17-15-13-11-8-2)108-92(97)77-71-65-59-53-47-41-36-37-43-48-54-60-66-72-84(4)5/h84-88,93H,7-83H2,1-6H3,(H,98,99)(H,100,101)/t85?,86-,87+,88+/m0/s1. The first-order valence-corrected chi connectivity index (χ1v) is 50.5. The number of phosphoric ester groups is 2. The van der Waals surface area contributed by atoms with Crippen molar-refractivity contribution in [1.29, 1.82) is 0 Å². The van der Waals surface area contributed by atoms with Crippen LogP contribution in [0.4, 0.5) is 0 Å². The first kappa shape index (κ1) is 109. The minimum absolute atomic E-state index is 0.108. The van der Waals surface area contributed by atoms with Gasteiger partial charge >= 0.3 is 39.5 Å². The molecular formula is C92H180O17P2. The number of rotatable bonds is 91. The summed E-state index contributed by atoms with van der Waals surface area (Å²) < 4.78 is 69.1. The third kappa shape index (κ3) is 84.3. The van der Waals surface area contributed by atoms with Crippen molar-refractivity contribution in [1.82, 2.24) is 0 Å². The molecule has 17 nitrogen and oxygen atoms in total. The molecule has 0 fully saturated rings. The Labute approximate surface area is 683 Å². The molecule has 0 aliphatic heterocycles. The quantitative estimate of drug-likeness (QED) is 0.0222. The second kappa shape index (κ2) is 83.1. The van der Waals surface area contributed by atoms with Crippen LogP contribution < -0.4 is 0 Å². The molecule has 0 saturated heterocycles. The maximum Gasteiger partial charge on any atom is 0.472 e. The lowest BCUT2D eigenvalue weighted by Gasteiger charge is -2.21. The van der Waals surface area contributed by atoms with Gasteiger partial charge in [-0.25, -0.2) is 9.13 Å². The van der Waals surface area contributed by atoms with Crippen LogP contribution in [-0.2, 0) is 65.4 Å². The number of unbranched alkanes of at least 4 members (excludes halogenated alkanes) is 60. The van der Waals surface area contributed by atoms with Gasteiger partial charge in [0.1, 0.15) is 19.3 Å². The summed E-state index contributed by atoms with van der Waals surface area (Å²) in [7, 11) is -9.94. The Morgan fingerprint density at radius 1 is 0.261 bits per heavy atom. The Bertz CT molecular complexity index is 2120. The number of hydrogen-bond donors (Lipinski definition) is 3. The molecule has 3 N–H and O–H groups in total. The van der Waals surface area contributed by atoms with E-state index in [1.54, 1.807) is 0 Å². The number of ether oxygens (including phenoxy) is 4. The lowest BCUT2D eigenvalue weighted by atomic mass is 9.99. The fourth-order valence-electron chi connectivity index (χ4n) is 14.4. The van der Waals surface area contributed by atoms with Gasteiger partial charge in [0.25, 0.3) is 0 Å². The highest BCUT2D eigenvalue weighted by Gasteiger charge is 2.31. The molecule has 111 heavy (non-hydrogen) atoms. The molecule has 0 radical (unpaired) electrons. The van der Waals surface area contributed by atoms with Crippen LogP contribution >= 0.6 is 15.6 Å². The summed E-state index contributed by atoms with van der Waals surface area (Å²) >= 11 is 0. The van der Waals surface area contributed by atoms with Crippen molar-refractivity contribution in [2.75, 3.05) is 39.6 Å². The van der Waals surface area contributed by atoms with E-state index in [4.69, 9.17) is 37.0 Å². The second-order valence-corrected chi connectivity index (χ2v) is 36.7. The first-order valence-electron chi connectivity index (χ1n) is 47.5. The van der Waals surface area contributed by atoms with Crippen molar-refractivity contribution in [3.05, 3.63) is 0 Å². The topological polar surface area (TPSA) is 237 Å². The highest BCUT2D eigenvalue weighted by Crippen LogP contribution is 2.45. The van der Waals surface area contributed by atoms with Gasteiger partial charge in [0.2, 0.25) is 0 Å². The first-order chi connectivity index (χ1) is 53.9. The molecule has 6 atom stereocenters. The zero-order chi connectivity index (χ0) is 81.3. The third-order valence-electron chi connectivity index (χ3n) is 22.1. The minimum Gasteiger partial charge on any atom is -0.462 e. The molecule has 0 aliphatic carbocycles. The second-order valence-electron chi connectivity index (χ2n) is 33.8. The number of hydrogen-bond acceptors (Lipinski definition) is 15. The third-order valence-corrected chi connectivity index (χ3v) is 24.0. The monoisotopic (exact) mass is 1620 g/mol. The largest absolute Gasteiger partial charge is 0.472 e. The van der Waals surface area contributed by atoms with Crippen molar-refractivity contribution < 1.29 is 80.2 Å². The van der Waals surface area contributed by atoms with E-state index in [0.717, 1.165) is 102 Å². The van der Waals surface area contributed by atoms with Crippen LogP contribution in [0.5, 0.6) is 0 Å². The van der Waals surface area contributed by atoms with E-state index in [-0.39, 0.29) is 25.7 Å². The Morgan fingerprint density at radius 2 is 0.459 bits per heavy atom. The molecule has 0 heterocycles. The van der Waals surface area contributed by atoms with Crippen LogP contribution in [0.1, 0.15) is 497 Å². The molecule has 0 bridgehead atoms. The molecule has 0 aromatic carbocycles. The molecule has 19 heteroatoms. The van der Waals surface area contributed by atoms with Crippen LogP contribution in [0.25, 0.3) is 0 Å². The predicted molar refractivity (Wildman–Crippen MR) is 460 cm³/mol. The fourth-order valence-corrected chi connectivity index (χ4v) is 16.0. The van der Waals surface area contributed by atoms with Gasteiger partial charge in [0.15, 0.2) is 12.2 Å². The predicted octanol–water partition coefficient (Wildman–Crippen LogP) is 28.6. The maximum absolute atomic E-state index is 13.2. The number of carbonyl (C=O) groups is 4. The van der Waals surface area contributed by atoms with E-state index in [9.17, 15) is 43.2 Å². The molecular weight excluding hydrogens is 1440 g/mol. The minimum atomic E-state index is -4.97. The molecule has 3 unspecified atom stereocenters. The van der Waals surface area contributed by atoms with Crippen LogP contribution in [0.2, 0.25) is 0 Å². The molecule has 660 valence electrons. The Morgan fingerprint density at radius 3 is 0.685 bits per heavy atom. The van der Waals surface area contributed by atoms with Crippen molar-refractivity contribution in [2.45, 2.75) is 516 Å². The van der Waals surface area contributed by atoms with E-state index in [1.807, 2.05) is 0 Å². The number of aliphatic hydroxyl groups excluding tert-OH is 1. The highest BCUT2D eigenvalue weighted by molar-refractivity contribution is 7.47. The van der Waals surface area contributed by atoms with E-state index in [2.05, 4.69) is 41.5 Å². The SMILES string of the molecule is CCCCCCCCCCCCCCCCCCCCCCCCC(=O)OC[C@H](COP(=O)(O)OC[C@@H](O)COP(=O)(O)OC[C@@H](COC(=O)CCCCCCCCCCCCC)OC(=O)CCCCCCCCCCCCCCCC(C)C)OC(=O)CCCCCCCCCCCCCCCCCCCCC(C)CC. The normalized spacial score (nSPS) is 14.0.